The lowest BCUT2D eigenvalue weighted by Gasteiger charge is -2.57. The molecule has 2 N–H and O–H groups in total. The minimum absolute atomic E-state index is 0.122. The molecule has 0 aromatic carbocycles. The highest BCUT2D eigenvalue weighted by molar-refractivity contribution is 5.05. The highest BCUT2D eigenvalue weighted by Crippen LogP contribution is 2.57. The minimum Gasteiger partial charge on any atom is -0.396 e. The van der Waals surface area contributed by atoms with Crippen LogP contribution < -0.4 is 0 Å². The Morgan fingerprint density at radius 1 is 1.53 bits per heavy atom. The SMILES string of the molecule is C=CC[C@@H]1[C@@H](O)[C@@H]2CC[C@@]1(C)[C@H](CO)C2. The highest BCUT2D eigenvalue weighted by atomic mass is 16.3. The largest absolute Gasteiger partial charge is 0.396 e. The summed E-state index contributed by atoms with van der Waals surface area (Å²) >= 11 is 0. The smallest absolute Gasteiger partial charge is 0.0604 e. The van der Waals surface area contributed by atoms with Crippen LogP contribution in [0, 0.1) is 23.2 Å². The van der Waals surface area contributed by atoms with Crippen molar-refractivity contribution in [2.45, 2.75) is 38.7 Å². The number of aliphatic hydroxyl groups excluding tert-OH is 2. The molecular formula is C13H22O2. The zero-order valence-corrected chi connectivity index (χ0v) is 9.52. The molecule has 0 unspecified atom stereocenters. The Kier molecular flexibility index (Phi) is 2.91. The molecule has 2 nitrogen and oxygen atoms in total. The Labute approximate surface area is 92.0 Å². The number of fused-ring (bicyclic) bond motifs is 3. The molecule has 2 heteroatoms. The molecule has 0 aromatic rings. The van der Waals surface area contributed by atoms with Gasteiger partial charge in [0.25, 0.3) is 0 Å². The maximum Gasteiger partial charge on any atom is 0.0604 e. The average Bonchev–Trinajstić information content (AvgIpc) is 2.24. The third-order valence-corrected chi connectivity index (χ3v) is 4.96. The van der Waals surface area contributed by atoms with Crippen molar-refractivity contribution in [3.8, 4) is 0 Å². The standard InChI is InChI=1S/C13H22O2/c1-3-4-11-12(15)9-5-6-13(11,2)10(7-9)8-14/h3,9-12,14-15H,1,4-8H2,2H3/t9-,10+,11-,12+,13+/m1/s1. The van der Waals surface area contributed by atoms with Crippen LogP contribution in [0.2, 0.25) is 0 Å². The third kappa shape index (κ3) is 1.55. The lowest BCUT2D eigenvalue weighted by molar-refractivity contribution is -0.147. The lowest BCUT2D eigenvalue weighted by Crippen LogP contribution is -2.55. The van der Waals surface area contributed by atoms with E-state index in [-0.39, 0.29) is 18.1 Å². The second-order valence-electron chi connectivity index (χ2n) is 5.54. The fourth-order valence-corrected chi connectivity index (χ4v) is 3.84. The summed E-state index contributed by atoms with van der Waals surface area (Å²) in [5.74, 6) is 1.10. The number of aliphatic hydroxyl groups is 2. The van der Waals surface area contributed by atoms with Gasteiger partial charge in [-0.25, -0.2) is 0 Å². The first kappa shape index (κ1) is 11.2. The first-order valence-electron chi connectivity index (χ1n) is 6.03. The molecule has 86 valence electrons. The van der Waals surface area contributed by atoms with E-state index in [1.807, 2.05) is 6.08 Å². The van der Waals surface area contributed by atoms with Crippen molar-refractivity contribution in [1.29, 1.82) is 0 Å². The normalized spacial score (nSPS) is 49.3. The fourth-order valence-electron chi connectivity index (χ4n) is 3.84. The molecule has 0 aliphatic heterocycles. The Hall–Kier alpha value is -0.340. The summed E-state index contributed by atoms with van der Waals surface area (Å²) in [6, 6.07) is 0. The van der Waals surface area contributed by atoms with E-state index in [1.165, 1.54) is 0 Å². The van der Waals surface area contributed by atoms with Gasteiger partial charge in [-0.05, 0) is 48.9 Å². The number of hydrogen-bond donors (Lipinski definition) is 2. The maximum absolute atomic E-state index is 10.2. The topological polar surface area (TPSA) is 40.5 Å². The van der Waals surface area contributed by atoms with Crippen molar-refractivity contribution in [1.82, 2.24) is 0 Å². The van der Waals surface area contributed by atoms with E-state index in [4.69, 9.17) is 0 Å². The molecule has 5 atom stereocenters. The van der Waals surface area contributed by atoms with Gasteiger partial charge < -0.3 is 10.2 Å². The van der Waals surface area contributed by atoms with Crippen LogP contribution in [0.3, 0.4) is 0 Å². The second kappa shape index (κ2) is 3.91. The van der Waals surface area contributed by atoms with Crippen LogP contribution in [-0.2, 0) is 0 Å². The van der Waals surface area contributed by atoms with Gasteiger partial charge in [0.15, 0.2) is 0 Å². The molecule has 3 rings (SSSR count). The molecule has 0 heterocycles. The molecule has 3 fully saturated rings. The zero-order chi connectivity index (χ0) is 11.1. The second-order valence-corrected chi connectivity index (χ2v) is 5.54. The summed E-state index contributed by atoms with van der Waals surface area (Å²) in [6.07, 6.45) is 5.89. The zero-order valence-electron chi connectivity index (χ0n) is 9.52. The van der Waals surface area contributed by atoms with Crippen LogP contribution in [0.25, 0.3) is 0 Å². The van der Waals surface area contributed by atoms with Crippen LogP contribution in [0.15, 0.2) is 12.7 Å². The third-order valence-electron chi connectivity index (χ3n) is 4.96. The van der Waals surface area contributed by atoms with Crippen molar-refractivity contribution in [2.24, 2.45) is 23.2 Å². The van der Waals surface area contributed by atoms with Gasteiger partial charge in [-0.1, -0.05) is 13.0 Å². The Balaban J connectivity index is 2.25. The average molecular weight is 210 g/mol. The summed E-state index contributed by atoms with van der Waals surface area (Å²) in [6.45, 7) is 6.29. The van der Waals surface area contributed by atoms with E-state index >= 15 is 0 Å². The van der Waals surface area contributed by atoms with Gasteiger partial charge in [0, 0.05) is 6.61 Å². The maximum atomic E-state index is 10.2. The van der Waals surface area contributed by atoms with Crippen LogP contribution in [-0.4, -0.2) is 22.9 Å². The minimum atomic E-state index is -0.176. The fraction of sp³-hybridized carbons (Fsp3) is 0.846. The Morgan fingerprint density at radius 3 is 2.87 bits per heavy atom. The summed E-state index contributed by atoms with van der Waals surface area (Å²) in [5, 5.41) is 19.7. The van der Waals surface area contributed by atoms with Gasteiger partial charge in [-0.3, -0.25) is 0 Å². The number of rotatable bonds is 3. The molecule has 0 saturated heterocycles. The van der Waals surface area contributed by atoms with E-state index in [1.54, 1.807) is 0 Å². The van der Waals surface area contributed by atoms with Gasteiger partial charge in [0.2, 0.25) is 0 Å². The molecule has 0 spiro atoms. The van der Waals surface area contributed by atoms with E-state index in [2.05, 4.69) is 13.5 Å². The molecule has 15 heavy (non-hydrogen) atoms. The van der Waals surface area contributed by atoms with Crippen LogP contribution >= 0.6 is 0 Å². The predicted octanol–water partition coefficient (Wildman–Crippen LogP) is 1.97. The molecular weight excluding hydrogens is 188 g/mol. The summed E-state index contributed by atoms with van der Waals surface area (Å²) in [7, 11) is 0. The van der Waals surface area contributed by atoms with Gasteiger partial charge in [-0.15, -0.1) is 6.58 Å². The molecule has 2 bridgehead atoms. The van der Waals surface area contributed by atoms with Crippen LogP contribution in [0.5, 0.6) is 0 Å². The highest BCUT2D eigenvalue weighted by Gasteiger charge is 2.54. The van der Waals surface area contributed by atoms with E-state index in [0.29, 0.717) is 17.8 Å². The number of allylic oxidation sites excluding steroid dienone is 1. The molecule has 0 radical (unpaired) electrons. The summed E-state index contributed by atoms with van der Waals surface area (Å²) < 4.78 is 0. The van der Waals surface area contributed by atoms with Crippen LogP contribution in [0.1, 0.15) is 32.6 Å². The molecule has 3 aliphatic rings. The van der Waals surface area contributed by atoms with Crippen molar-refractivity contribution in [2.75, 3.05) is 6.61 Å². The van der Waals surface area contributed by atoms with Gasteiger partial charge in [0.05, 0.1) is 6.10 Å². The Morgan fingerprint density at radius 2 is 2.27 bits per heavy atom. The van der Waals surface area contributed by atoms with E-state index in [0.717, 1.165) is 25.7 Å². The van der Waals surface area contributed by atoms with Gasteiger partial charge in [-0.2, -0.15) is 0 Å². The molecule has 0 amide bonds. The summed E-state index contributed by atoms with van der Waals surface area (Å²) in [5.41, 5.74) is 0.122. The quantitative estimate of drug-likeness (QED) is 0.699. The van der Waals surface area contributed by atoms with E-state index < -0.39 is 0 Å². The van der Waals surface area contributed by atoms with Gasteiger partial charge in [0.1, 0.15) is 0 Å². The Bertz CT molecular complexity index is 251. The predicted molar refractivity (Wildman–Crippen MR) is 60.3 cm³/mol. The first-order chi connectivity index (χ1) is 7.13. The summed E-state index contributed by atoms with van der Waals surface area (Å²) in [4.78, 5) is 0. The van der Waals surface area contributed by atoms with Crippen molar-refractivity contribution < 1.29 is 10.2 Å². The molecule has 3 aliphatic carbocycles. The molecule has 0 aromatic heterocycles. The molecule has 3 saturated carbocycles. The lowest BCUT2D eigenvalue weighted by atomic mass is 9.49. The van der Waals surface area contributed by atoms with Crippen molar-refractivity contribution in [3.63, 3.8) is 0 Å². The van der Waals surface area contributed by atoms with Crippen molar-refractivity contribution in [3.05, 3.63) is 12.7 Å². The number of hydrogen-bond acceptors (Lipinski definition) is 2. The van der Waals surface area contributed by atoms with E-state index in [9.17, 15) is 10.2 Å². The van der Waals surface area contributed by atoms with Gasteiger partial charge >= 0.3 is 0 Å². The van der Waals surface area contributed by atoms with Crippen LogP contribution in [0.4, 0.5) is 0 Å². The monoisotopic (exact) mass is 210 g/mol. The first-order valence-corrected chi connectivity index (χ1v) is 6.03. The van der Waals surface area contributed by atoms with Crippen molar-refractivity contribution >= 4 is 0 Å².